The fraction of sp³-hybridized carbons (Fsp3) is 0.533. The van der Waals surface area contributed by atoms with Crippen LogP contribution < -0.4 is 36.5 Å². The molecule has 1 saturated carbocycles. The molecule has 3 aromatic carbocycles. The Bertz CT molecular complexity index is 2860. The Hall–Kier alpha value is -6.59. The van der Waals surface area contributed by atoms with Gasteiger partial charge in [0.25, 0.3) is 5.91 Å². The summed E-state index contributed by atoms with van der Waals surface area (Å²) in [5.74, 6) is -2.35. The molecule has 432 valence electrons. The number of hydrogen-bond acceptors (Lipinski definition) is 14. The van der Waals surface area contributed by atoms with Gasteiger partial charge in [0.05, 0.1) is 45.9 Å². The number of aromatic nitrogens is 1. The Morgan fingerprint density at radius 3 is 2.14 bits per heavy atom. The van der Waals surface area contributed by atoms with Crippen LogP contribution in [0.25, 0.3) is 10.4 Å². The van der Waals surface area contributed by atoms with Crippen LogP contribution >= 0.6 is 22.9 Å². The number of hydrogen-bond donors (Lipinski definition) is 5. The lowest BCUT2D eigenvalue weighted by atomic mass is 9.49. The number of nitrogens with one attached hydrogen (secondary N) is 4. The average molecular weight is 1140 g/mol. The number of likely N-dealkylation sites (tertiary alicyclic amines) is 1. The summed E-state index contributed by atoms with van der Waals surface area (Å²) in [5, 5.41) is 21.3. The molecule has 0 bridgehead atoms. The minimum atomic E-state index is -1.09. The molecule has 80 heavy (non-hydrogen) atoms. The molecular formula is C60H79ClN8O10S. The number of ether oxygens (including phenoxy) is 4. The second-order valence-electron chi connectivity index (χ2n) is 23.8. The summed E-state index contributed by atoms with van der Waals surface area (Å²) in [4.78, 5) is 89.2. The van der Waals surface area contributed by atoms with Crippen molar-refractivity contribution in [3.63, 3.8) is 0 Å². The zero-order valence-corrected chi connectivity index (χ0v) is 49.6. The maximum absolute atomic E-state index is 14.7. The Kier molecular flexibility index (Phi) is 21.0. The first-order valence-corrected chi connectivity index (χ1v) is 28.5. The SMILES string of the molecule is Cc1ncsc1-c1ccc(CNC(=O)[C@@H]2C[C@@H](OC(=O)C(NC(=O)[C@@H](N)C(C)C)C(C)C)CN2C(=O)[C@@H](NC(=O)COCCCCOc2ccc(C(=O)N[C@H]3C(C)(C)[C@H](Oc4ccc(C#N)c(Cl)c4)C3(C)C)cc2)C(C)(C)C)cc1. The van der Waals surface area contributed by atoms with Crippen LogP contribution in [-0.4, -0.2) is 114 Å². The predicted octanol–water partition coefficient (Wildman–Crippen LogP) is 7.92. The molecule has 5 atom stereocenters. The second kappa shape index (κ2) is 26.8. The van der Waals surface area contributed by atoms with Crippen molar-refractivity contribution in [1.82, 2.24) is 31.2 Å². The zero-order valence-electron chi connectivity index (χ0n) is 48.1. The number of aryl methyl sites for hydroxylation is 1. The largest absolute Gasteiger partial charge is 0.494 e. The van der Waals surface area contributed by atoms with Gasteiger partial charge in [-0.05, 0) is 84.5 Å². The Morgan fingerprint density at radius 2 is 1.55 bits per heavy atom. The van der Waals surface area contributed by atoms with E-state index in [1.807, 2.05) is 58.9 Å². The van der Waals surface area contributed by atoms with Crippen LogP contribution in [0.5, 0.6) is 11.5 Å². The van der Waals surface area contributed by atoms with Crippen molar-refractivity contribution in [2.45, 2.75) is 151 Å². The van der Waals surface area contributed by atoms with E-state index >= 15 is 0 Å². The van der Waals surface area contributed by atoms with Crippen LogP contribution in [0.3, 0.4) is 0 Å². The summed E-state index contributed by atoms with van der Waals surface area (Å²) in [5.41, 5.74) is 9.82. The molecule has 20 heteroatoms. The van der Waals surface area contributed by atoms with E-state index in [0.717, 1.165) is 21.7 Å². The van der Waals surface area contributed by atoms with E-state index < -0.39 is 76.1 Å². The van der Waals surface area contributed by atoms with Gasteiger partial charge < -0.3 is 50.8 Å². The third-order valence-corrected chi connectivity index (χ3v) is 16.2. The smallest absolute Gasteiger partial charge is 0.329 e. The van der Waals surface area contributed by atoms with E-state index in [4.69, 9.17) is 36.3 Å². The summed E-state index contributed by atoms with van der Waals surface area (Å²) in [6.07, 6.45) is 0.00436. The molecular weight excluding hydrogens is 1060 g/mol. The van der Waals surface area contributed by atoms with Crippen molar-refractivity contribution in [3.05, 3.63) is 99.6 Å². The lowest BCUT2D eigenvalue weighted by Gasteiger charge is -2.63. The molecule has 4 aromatic rings. The first-order valence-electron chi connectivity index (χ1n) is 27.2. The predicted molar refractivity (Wildman–Crippen MR) is 306 cm³/mol. The van der Waals surface area contributed by atoms with Gasteiger partial charge in [-0.2, -0.15) is 5.26 Å². The van der Waals surface area contributed by atoms with Gasteiger partial charge in [0.2, 0.25) is 23.6 Å². The highest BCUT2D eigenvalue weighted by molar-refractivity contribution is 7.13. The maximum atomic E-state index is 14.7. The van der Waals surface area contributed by atoms with Crippen molar-refractivity contribution in [1.29, 1.82) is 5.26 Å². The van der Waals surface area contributed by atoms with Crippen LogP contribution in [0.15, 0.2) is 72.2 Å². The minimum Gasteiger partial charge on any atom is -0.494 e. The van der Waals surface area contributed by atoms with Gasteiger partial charge in [-0.15, -0.1) is 11.3 Å². The summed E-state index contributed by atoms with van der Waals surface area (Å²) < 4.78 is 24.0. The van der Waals surface area contributed by atoms with E-state index in [-0.39, 0.29) is 62.6 Å². The molecule has 1 saturated heterocycles. The Labute approximate surface area is 479 Å². The van der Waals surface area contributed by atoms with Crippen molar-refractivity contribution in [2.75, 3.05) is 26.4 Å². The zero-order chi connectivity index (χ0) is 58.9. The number of thiazole rings is 1. The molecule has 0 spiro atoms. The first-order chi connectivity index (χ1) is 37.6. The third-order valence-electron chi connectivity index (χ3n) is 14.9. The van der Waals surface area contributed by atoms with Crippen molar-refractivity contribution in [2.24, 2.45) is 33.8 Å². The molecule has 1 aromatic heterocycles. The molecule has 6 N–H and O–H groups in total. The van der Waals surface area contributed by atoms with E-state index in [1.165, 1.54) is 4.90 Å². The molecule has 5 amide bonds. The van der Waals surface area contributed by atoms with Gasteiger partial charge >= 0.3 is 5.97 Å². The number of carbonyl (C=O) groups is 6. The fourth-order valence-electron chi connectivity index (χ4n) is 10.5. The van der Waals surface area contributed by atoms with Gasteiger partial charge in [-0.3, -0.25) is 24.0 Å². The van der Waals surface area contributed by atoms with Crippen LogP contribution in [0.1, 0.15) is 123 Å². The normalized spacial score (nSPS) is 19.4. The van der Waals surface area contributed by atoms with Gasteiger partial charge in [-0.25, -0.2) is 9.78 Å². The molecule has 2 fully saturated rings. The van der Waals surface area contributed by atoms with E-state index in [9.17, 15) is 34.0 Å². The molecule has 1 unspecified atom stereocenters. The number of nitriles is 1. The summed E-state index contributed by atoms with van der Waals surface area (Å²) in [6, 6.07) is 17.5. The van der Waals surface area contributed by atoms with Crippen LogP contribution in [0, 0.1) is 46.3 Å². The van der Waals surface area contributed by atoms with Gasteiger partial charge in [0.1, 0.15) is 54.5 Å². The summed E-state index contributed by atoms with van der Waals surface area (Å²) in [7, 11) is 0. The highest BCUT2D eigenvalue weighted by Gasteiger charge is 2.64. The van der Waals surface area contributed by atoms with Gasteiger partial charge in [-0.1, -0.05) is 112 Å². The van der Waals surface area contributed by atoms with Crippen molar-refractivity contribution >= 4 is 58.4 Å². The van der Waals surface area contributed by atoms with Gasteiger partial charge in [0.15, 0.2) is 0 Å². The number of rotatable bonds is 24. The highest BCUT2D eigenvalue weighted by atomic mass is 35.5. The molecule has 6 rings (SSSR count). The highest BCUT2D eigenvalue weighted by Crippen LogP contribution is 2.55. The van der Waals surface area contributed by atoms with Crippen LogP contribution in [0.4, 0.5) is 0 Å². The molecule has 2 heterocycles. The number of nitrogens with two attached hydrogens (primary N) is 1. The quantitative estimate of drug-likeness (QED) is 0.0331. The molecule has 0 radical (unpaired) electrons. The van der Waals surface area contributed by atoms with E-state index in [0.29, 0.717) is 47.1 Å². The van der Waals surface area contributed by atoms with Crippen molar-refractivity contribution < 1.29 is 47.7 Å². The number of amides is 5. The number of halogens is 1. The Morgan fingerprint density at radius 1 is 0.900 bits per heavy atom. The van der Waals surface area contributed by atoms with E-state index in [2.05, 4.69) is 32.3 Å². The minimum absolute atomic E-state index is 0.0206. The number of benzene rings is 3. The topological polar surface area (TPSA) is 253 Å². The first kappa shape index (κ1) is 62.6. The number of esters is 1. The van der Waals surface area contributed by atoms with Gasteiger partial charge in [0, 0.05) is 48.1 Å². The maximum Gasteiger partial charge on any atom is 0.329 e. The summed E-state index contributed by atoms with van der Waals surface area (Å²) >= 11 is 7.80. The number of nitrogens with zero attached hydrogens (tertiary/aromatic N) is 3. The number of unbranched alkanes of at least 4 members (excludes halogenated alkanes) is 1. The third kappa shape index (κ3) is 15.4. The monoisotopic (exact) mass is 1140 g/mol. The number of carbonyl (C=O) groups excluding carboxylic acids is 6. The second-order valence-corrected chi connectivity index (χ2v) is 25.0. The molecule has 18 nitrogen and oxygen atoms in total. The van der Waals surface area contributed by atoms with Crippen molar-refractivity contribution in [3.8, 4) is 28.0 Å². The molecule has 1 aliphatic heterocycles. The molecule has 2 aliphatic rings. The molecule has 1 aliphatic carbocycles. The fourth-order valence-corrected chi connectivity index (χ4v) is 11.5. The Balaban J connectivity index is 0.991. The lowest BCUT2D eigenvalue weighted by Crippen LogP contribution is -2.74. The summed E-state index contributed by atoms with van der Waals surface area (Å²) in [6.45, 7) is 23.0. The van der Waals surface area contributed by atoms with Crippen LogP contribution in [-0.2, 0) is 40.0 Å². The van der Waals surface area contributed by atoms with E-state index in [1.54, 1.807) is 108 Å². The van der Waals surface area contributed by atoms with Crippen LogP contribution in [0.2, 0.25) is 5.02 Å². The lowest BCUT2D eigenvalue weighted by molar-refractivity contribution is -0.164. The average Bonchev–Trinajstić information content (AvgIpc) is 4.05. The standard InChI is InChI=1S/C60H79ClN8O10S/c1-34(2)47(63)53(73)67-48(35(3)4)55(75)78-43-28-45(52(72)64-30-37-15-17-38(18-16-37)49-36(5)65-33-80-49)69(31-43)54(74)50(58(6,7)8)66-46(70)32-76-25-13-14-26-77-41-22-19-39(20-23-41)51(71)68-56-59(9,10)57(60(56,11)12)79-42-24-21-40(29-62)44(61)27-42/h15-24,27,33-35,43,45,47-48,50,56-57H,13-14,25-26,28,30-32,63H2,1-12H3,(H,64,72)(H,66,70)(H,67,73)(H,68,71)/t43-,45+,47+,48?,50-,56-,57-/m1/s1.